The molecule has 0 saturated carbocycles. The largest absolute Gasteiger partial charge is 0.343 e. The molecule has 0 bridgehead atoms. The Morgan fingerprint density at radius 1 is 0.414 bits per heavy atom. The highest BCUT2D eigenvalue weighted by Gasteiger charge is 2.38. The van der Waals surface area contributed by atoms with Gasteiger partial charge in [0.1, 0.15) is 11.9 Å². The Morgan fingerprint density at radius 3 is 1.33 bits per heavy atom. The number of aliphatic imine (C=N–C) groups is 2. The molecule has 0 spiro atoms. The third kappa shape index (κ3) is 5.56. The molecule has 274 valence electrons. The van der Waals surface area contributed by atoms with Crippen LogP contribution in [0.25, 0.3) is 55.0 Å². The predicted molar refractivity (Wildman–Crippen MR) is 244 cm³/mol. The Bertz CT molecular complexity index is 3030. The number of para-hydroxylation sites is 4. The van der Waals surface area contributed by atoms with Gasteiger partial charge in [-0.25, -0.2) is 9.98 Å². The van der Waals surface area contributed by atoms with Gasteiger partial charge in [-0.05, 0) is 48.5 Å². The smallest absolute Gasteiger partial charge is 0.261 e. The van der Waals surface area contributed by atoms with Crippen LogP contribution in [0.4, 0.5) is 0 Å². The van der Waals surface area contributed by atoms with Crippen LogP contribution in [-0.4, -0.2) is 45.5 Å². The standard InChI is InChI=1S/C52H38BN5/c1-56-51(37-20-8-3-9-21-37)54-50(36-18-6-2-7-19-36)55-52(56)53(38-30-32-48-44(34-38)42-26-14-16-28-46(42)57(48)40-22-10-4-11-23-40)39-31-33-49-45(35-39)43-27-15-17-29-47(43)58(49)41-24-12-5-13-25-41/h2-35,52H,1H3. The minimum Gasteiger partial charge on any atom is -0.343 e. The van der Waals surface area contributed by atoms with Crippen molar-refractivity contribution in [1.82, 2.24) is 14.0 Å². The van der Waals surface area contributed by atoms with Gasteiger partial charge in [0.25, 0.3) is 6.71 Å². The molecule has 6 heteroatoms. The highest BCUT2D eigenvalue weighted by molar-refractivity contribution is 6.87. The van der Waals surface area contributed by atoms with Crippen LogP contribution in [0.1, 0.15) is 11.1 Å². The molecule has 0 radical (unpaired) electrons. The first-order valence-electron chi connectivity index (χ1n) is 19.9. The third-order valence-electron chi connectivity index (χ3n) is 11.7. The number of aromatic nitrogens is 2. The van der Waals surface area contributed by atoms with Crippen molar-refractivity contribution in [1.29, 1.82) is 0 Å². The molecule has 0 amide bonds. The summed E-state index contributed by atoms with van der Waals surface area (Å²) in [5.74, 6) is 1.63. The highest BCUT2D eigenvalue weighted by atomic mass is 15.3. The van der Waals surface area contributed by atoms with Crippen molar-refractivity contribution in [3.63, 3.8) is 0 Å². The third-order valence-corrected chi connectivity index (χ3v) is 11.7. The molecule has 2 aromatic heterocycles. The molecular formula is C52H38BN5. The van der Waals surface area contributed by atoms with Crippen LogP contribution in [0, 0.1) is 0 Å². The normalized spacial score (nSPS) is 14.3. The maximum absolute atomic E-state index is 5.60. The lowest BCUT2D eigenvalue weighted by Gasteiger charge is -2.36. The molecule has 0 fully saturated rings. The van der Waals surface area contributed by atoms with E-state index in [-0.39, 0.29) is 12.8 Å². The van der Waals surface area contributed by atoms with Crippen LogP contribution < -0.4 is 10.9 Å². The minimum atomic E-state index is -0.317. The van der Waals surface area contributed by atoms with Crippen molar-refractivity contribution in [2.45, 2.75) is 6.07 Å². The molecule has 1 aliphatic heterocycles. The summed E-state index contributed by atoms with van der Waals surface area (Å²) < 4.78 is 4.76. The van der Waals surface area contributed by atoms with E-state index in [0.29, 0.717) is 0 Å². The number of nitrogens with zero attached hydrogens (tertiary/aromatic N) is 5. The van der Waals surface area contributed by atoms with E-state index in [0.717, 1.165) is 34.2 Å². The lowest BCUT2D eigenvalue weighted by molar-refractivity contribution is 0.465. The molecule has 58 heavy (non-hydrogen) atoms. The number of benzene rings is 8. The van der Waals surface area contributed by atoms with Crippen LogP contribution in [0.5, 0.6) is 0 Å². The Hall–Kier alpha value is -7.44. The van der Waals surface area contributed by atoms with E-state index in [1.165, 1.54) is 54.5 Å². The van der Waals surface area contributed by atoms with E-state index in [1.807, 2.05) is 6.07 Å². The number of fused-ring (bicyclic) bond motifs is 6. The molecule has 11 rings (SSSR count). The second-order valence-electron chi connectivity index (χ2n) is 15.1. The molecule has 1 atom stereocenters. The molecule has 8 aromatic carbocycles. The maximum Gasteiger partial charge on any atom is 0.261 e. The average Bonchev–Trinajstić information content (AvgIpc) is 3.80. The Labute approximate surface area is 337 Å². The Balaban J connectivity index is 1.18. The van der Waals surface area contributed by atoms with Crippen LogP contribution in [0.2, 0.25) is 0 Å². The van der Waals surface area contributed by atoms with E-state index in [1.54, 1.807) is 0 Å². The van der Waals surface area contributed by atoms with Crippen LogP contribution in [0.3, 0.4) is 0 Å². The van der Waals surface area contributed by atoms with Gasteiger partial charge in [-0.1, -0.05) is 169 Å². The molecule has 10 aromatic rings. The van der Waals surface area contributed by atoms with Crippen molar-refractivity contribution < 1.29 is 0 Å². The monoisotopic (exact) mass is 743 g/mol. The Kier molecular flexibility index (Phi) is 8.14. The summed E-state index contributed by atoms with van der Waals surface area (Å²) in [6.07, 6.45) is 0. The fraction of sp³-hybridized carbons (Fsp3) is 0.0385. The quantitative estimate of drug-likeness (QED) is 0.150. The first kappa shape index (κ1) is 33.9. The number of rotatable bonds is 7. The zero-order valence-corrected chi connectivity index (χ0v) is 32.0. The summed E-state index contributed by atoms with van der Waals surface area (Å²) in [5.41, 5.74) is 11.4. The number of amidine groups is 2. The first-order valence-corrected chi connectivity index (χ1v) is 19.9. The van der Waals surface area contributed by atoms with Gasteiger partial charge in [0.2, 0.25) is 0 Å². The maximum atomic E-state index is 5.60. The molecule has 0 N–H and O–H groups in total. The second-order valence-corrected chi connectivity index (χ2v) is 15.1. The summed E-state index contributed by atoms with van der Waals surface area (Å²) in [4.78, 5) is 13.1. The van der Waals surface area contributed by atoms with Crippen LogP contribution >= 0.6 is 0 Å². The van der Waals surface area contributed by atoms with E-state index >= 15 is 0 Å². The van der Waals surface area contributed by atoms with Crippen molar-refractivity contribution in [3.8, 4) is 11.4 Å². The topological polar surface area (TPSA) is 37.8 Å². The fourth-order valence-electron chi connectivity index (χ4n) is 9.04. The van der Waals surface area contributed by atoms with E-state index in [4.69, 9.17) is 9.98 Å². The van der Waals surface area contributed by atoms with Gasteiger partial charge in [-0.3, -0.25) is 0 Å². The lowest BCUT2D eigenvalue weighted by atomic mass is 9.37. The van der Waals surface area contributed by atoms with Gasteiger partial charge in [0, 0.05) is 51.1 Å². The molecular weight excluding hydrogens is 705 g/mol. The fourth-order valence-corrected chi connectivity index (χ4v) is 9.04. The van der Waals surface area contributed by atoms with Gasteiger partial charge in [0.05, 0.1) is 22.1 Å². The van der Waals surface area contributed by atoms with Gasteiger partial charge in [-0.15, -0.1) is 0 Å². The van der Waals surface area contributed by atoms with E-state index in [2.05, 4.69) is 221 Å². The Morgan fingerprint density at radius 2 is 0.828 bits per heavy atom. The summed E-state index contributed by atoms with van der Waals surface area (Å²) >= 11 is 0. The van der Waals surface area contributed by atoms with Crippen LogP contribution in [0.15, 0.2) is 216 Å². The second kappa shape index (κ2) is 13.9. The SMILES string of the molecule is CN1C(c2ccccc2)=NC(c2ccccc2)=NC1B(c1ccc2c(c1)c1ccccc1n2-c1ccccc1)c1ccc2c(c1)c1ccccc1n2-c1ccccc1. The molecule has 1 unspecified atom stereocenters. The van der Waals surface area contributed by atoms with Crippen molar-refractivity contribution >= 4 is 72.9 Å². The van der Waals surface area contributed by atoms with Crippen molar-refractivity contribution in [3.05, 3.63) is 217 Å². The lowest BCUT2D eigenvalue weighted by Crippen LogP contribution is -2.59. The highest BCUT2D eigenvalue weighted by Crippen LogP contribution is 2.34. The minimum absolute atomic E-state index is 0.163. The van der Waals surface area contributed by atoms with Crippen LogP contribution in [-0.2, 0) is 0 Å². The van der Waals surface area contributed by atoms with Crippen molar-refractivity contribution in [2.24, 2.45) is 9.98 Å². The number of hydrogen-bond acceptors (Lipinski definition) is 3. The zero-order valence-electron chi connectivity index (χ0n) is 32.0. The van der Waals surface area contributed by atoms with E-state index in [9.17, 15) is 0 Å². The van der Waals surface area contributed by atoms with Gasteiger partial charge in [0.15, 0.2) is 5.84 Å². The molecule has 0 aliphatic carbocycles. The molecule has 0 saturated heterocycles. The van der Waals surface area contributed by atoms with Crippen molar-refractivity contribution in [2.75, 3.05) is 7.05 Å². The molecule has 1 aliphatic rings. The van der Waals surface area contributed by atoms with Gasteiger partial charge < -0.3 is 14.0 Å². The average molecular weight is 744 g/mol. The van der Waals surface area contributed by atoms with Gasteiger partial charge in [-0.2, -0.15) is 0 Å². The summed E-state index contributed by atoms with van der Waals surface area (Å²) in [6.45, 7) is -0.163. The van der Waals surface area contributed by atoms with E-state index < -0.39 is 0 Å². The summed E-state index contributed by atoms with van der Waals surface area (Å²) in [7, 11) is 2.15. The predicted octanol–water partition coefficient (Wildman–Crippen LogP) is 10.2. The summed E-state index contributed by atoms with van der Waals surface area (Å²) in [5, 5.41) is 4.87. The summed E-state index contributed by atoms with van der Waals surface area (Å²) in [6, 6.07) is 73.5. The first-order chi connectivity index (χ1) is 28.7. The number of hydrogen-bond donors (Lipinski definition) is 0. The zero-order chi connectivity index (χ0) is 38.6. The molecule has 3 heterocycles. The van der Waals surface area contributed by atoms with Gasteiger partial charge >= 0.3 is 0 Å². The molecule has 5 nitrogen and oxygen atoms in total.